The highest BCUT2D eigenvalue weighted by molar-refractivity contribution is 5.83. The largest absolute Gasteiger partial charge is 0.480 e. The Morgan fingerprint density at radius 1 is 1.29 bits per heavy atom. The standard InChI is InChI=1S/C10H19NO3/c1-3-5-6-7-9(12)11-8(4-2)10(13)14/h8H,3-7H2,1-2H3,(H,11,12)(H,13,14)/t8-/m0/s1. The molecular weight excluding hydrogens is 182 g/mol. The molecule has 1 atom stereocenters. The van der Waals surface area contributed by atoms with Crippen molar-refractivity contribution in [3.8, 4) is 0 Å². The van der Waals surface area contributed by atoms with Gasteiger partial charge < -0.3 is 10.4 Å². The molecule has 0 spiro atoms. The Labute approximate surface area is 84.7 Å². The Kier molecular flexibility index (Phi) is 6.80. The van der Waals surface area contributed by atoms with Gasteiger partial charge in [0.05, 0.1) is 0 Å². The van der Waals surface area contributed by atoms with Crippen LogP contribution in [0.1, 0.15) is 46.0 Å². The van der Waals surface area contributed by atoms with Crippen LogP contribution in [0.15, 0.2) is 0 Å². The van der Waals surface area contributed by atoms with Crippen molar-refractivity contribution in [3.05, 3.63) is 0 Å². The Bertz CT molecular complexity index is 192. The minimum absolute atomic E-state index is 0.160. The maximum atomic E-state index is 11.2. The van der Waals surface area contributed by atoms with Gasteiger partial charge in [-0.2, -0.15) is 0 Å². The molecule has 0 aromatic carbocycles. The molecule has 0 radical (unpaired) electrons. The van der Waals surface area contributed by atoms with E-state index in [-0.39, 0.29) is 5.91 Å². The number of hydrogen-bond acceptors (Lipinski definition) is 2. The maximum absolute atomic E-state index is 11.2. The van der Waals surface area contributed by atoms with Crippen LogP contribution in [0.4, 0.5) is 0 Å². The van der Waals surface area contributed by atoms with E-state index in [1.807, 2.05) is 0 Å². The molecule has 0 rings (SSSR count). The number of aliphatic carboxylic acids is 1. The zero-order chi connectivity index (χ0) is 11.0. The zero-order valence-corrected chi connectivity index (χ0v) is 8.88. The highest BCUT2D eigenvalue weighted by Crippen LogP contribution is 2.00. The van der Waals surface area contributed by atoms with E-state index in [1.165, 1.54) is 0 Å². The number of carboxylic acids is 1. The SMILES string of the molecule is CCCCCC(=O)N[C@@H](CC)C(=O)O. The van der Waals surface area contributed by atoms with Crippen LogP contribution in [0.3, 0.4) is 0 Å². The molecule has 0 saturated heterocycles. The fourth-order valence-corrected chi connectivity index (χ4v) is 1.14. The zero-order valence-electron chi connectivity index (χ0n) is 8.88. The van der Waals surface area contributed by atoms with E-state index in [4.69, 9.17) is 5.11 Å². The number of carbonyl (C=O) groups excluding carboxylic acids is 1. The van der Waals surface area contributed by atoms with Gasteiger partial charge in [0.2, 0.25) is 5.91 Å². The lowest BCUT2D eigenvalue weighted by molar-refractivity contribution is -0.141. The first-order chi connectivity index (χ1) is 6.61. The molecule has 0 saturated carbocycles. The Balaban J connectivity index is 3.74. The molecule has 14 heavy (non-hydrogen) atoms. The number of hydrogen-bond donors (Lipinski definition) is 2. The number of nitrogens with one attached hydrogen (secondary N) is 1. The lowest BCUT2D eigenvalue weighted by atomic mass is 10.1. The van der Waals surface area contributed by atoms with Crippen LogP contribution in [-0.4, -0.2) is 23.0 Å². The van der Waals surface area contributed by atoms with Gasteiger partial charge in [0.1, 0.15) is 6.04 Å². The van der Waals surface area contributed by atoms with Gasteiger partial charge in [-0.1, -0.05) is 26.7 Å². The first kappa shape index (κ1) is 12.9. The van der Waals surface area contributed by atoms with Crippen LogP contribution in [0, 0.1) is 0 Å². The first-order valence-electron chi connectivity index (χ1n) is 5.14. The van der Waals surface area contributed by atoms with Crippen molar-refractivity contribution in [2.45, 2.75) is 52.0 Å². The van der Waals surface area contributed by atoms with E-state index in [2.05, 4.69) is 12.2 Å². The van der Waals surface area contributed by atoms with Crippen LogP contribution in [-0.2, 0) is 9.59 Å². The van der Waals surface area contributed by atoms with Crippen LogP contribution in [0.5, 0.6) is 0 Å². The normalized spacial score (nSPS) is 12.1. The van der Waals surface area contributed by atoms with Crippen LogP contribution >= 0.6 is 0 Å². The summed E-state index contributed by atoms with van der Waals surface area (Å²) in [7, 11) is 0. The average molecular weight is 201 g/mol. The molecule has 0 heterocycles. The van der Waals surface area contributed by atoms with Gasteiger partial charge in [-0.25, -0.2) is 4.79 Å². The van der Waals surface area contributed by atoms with Crippen LogP contribution < -0.4 is 5.32 Å². The lowest BCUT2D eigenvalue weighted by Crippen LogP contribution is -2.40. The van der Waals surface area contributed by atoms with E-state index in [0.29, 0.717) is 12.8 Å². The molecule has 0 fully saturated rings. The number of carbonyl (C=O) groups is 2. The van der Waals surface area contributed by atoms with Crippen LogP contribution in [0.25, 0.3) is 0 Å². The van der Waals surface area contributed by atoms with Crippen molar-refractivity contribution in [1.29, 1.82) is 0 Å². The minimum Gasteiger partial charge on any atom is -0.480 e. The van der Waals surface area contributed by atoms with E-state index < -0.39 is 12.0 Å². The molecular formula is C10H19NO3. The van der Waals surface area contributed by atoms with Gasteiger partial charge in [0.25, 0.3) is 0 Å². The summed E-state index contributed by atoms with van der Waals surface area (Å²) in [6.45, 7) is 3.80. The van der Waals surface area contributed by atoms with Crippen molar-refractivity contribution in [3.63, 3.8) is 0 Å². The molecule has 0 aliphatic rings. The fourth-order valence-electron chi connectivity index (χ4n) is 1.14. The molecule has 0 unspecified atom stereocenters. The molecule has 4 nitrogen and oxygen atoms in total. The van der Waals surface area contributed by atoms with E-state index in [0.717, 1.165) is 19.3 Å². The number of amides is 1. The topological polar surface area (TPSA) is 66.4 Å². The molecule has 0 aliphatic heterocycles. The number of carboxylic acid groups (broad SMARTS) is 1. The quantitative estimate of drug-likeness (QED) is 0.614. The summed E-state index contributed by atoms with van der Waals surface area (Å²) in [6.07, 6.45) is 3.76. The van der Waals surface area contributed by atoms with Gasteiger partial charge in [0, 0.05) is 6.42 Å². The van der Waals surface area contributed by atoms with Gasteiger partial charge in [0.15, 0.2) is 0 Å². The third kappa shape index (κ3) is 5.56. The highest BCUT2D eigenvalue weighted by atomic mass is 16.4. The molecule has 0 aliphatic carbocycles. The first-order valence-corrected chi connectivity index (χ1v) is 5.14. The third-order valence-corrected chi connectivity index (χ3v) is 2.05. The fraction of sp³-hybridized carbons (Fsp3) is 0.800. The molecule has 2 N–H and O–H groups in total. The average Bonchev–Trinajstić information content (AvgIpc) is 2.14. The molecule has 82 valence electrons. The number of unbranched alkanes of at least 4 members (excludes halogenated alkanes) is 2. The molecule has 0 bridgehead atoms. The van der Waals surface area contributed by atoms with E-state index >= 15 is 0 Å². The van der Waals surface area contributed by atoms with Crippen molar-refractivity contribution < 1.29 is 14.7 Å². The van der Waals surface area contributed by atoms with Gasteiger partial charge in [-0.3, -0.25) is 4.79 Å². The second kappa shape index (κ2) is 7.35. The van der Waals surface area contributed by atoms with Crippen molar-refractivity contribution >= 4 is 11.9 Å². The summed E-state index contributed by atoms with van der Waals surface area (Å²) in [5.74, 6) is -1.12. The summed E-state index contributed by atoms with van der Waals surface area (Å²) >= 11 is 0. The second-order valence-electron chi connectivity index (χ2n) is 3.32. The van der Waals surface area contributed by atoms with Crippen molar-refractivity contribution in [1.82, 2.24) is 5.32 Å². The highest BCUT2D eigenvalue weighted by Gasteiger charge is 2.16. The van der Waals surface area contributed by atoms with Crippen molar-refractivity contribution in [2.75, 3.05) is 0 Å². The maximum Gasteiger partial charge on any atom is 0.326 e. The van der Waals surface area contributed by atoms with Crippen LogP contribution in [0.2, 0.25) is 0 Å². The lowest BCUT2D eigenvalue weighted by Gasteiger charge is -2.11. The Hall–Kier alpha value is -1.06. The molecule has 4 heteroatoms. The summed E-state index contributed by atoms with van der Waals surface area (Å²) in [4.78, 5) is 21.8. The molecule has 1 amide bonds. The summed E-state index contributed by atoms with van der Waals surface area (Å²) in [5.41, 5.74) is 0. The second-order valence-corrected chi connectivity index (χ2v) is 3.32. The Morgan fingerprint density at radius 3 is 2.36 bits per heavy atom. The van der Waals surface area contributed by atoms with Gasteiger partial charge >= 0.3 is 5.97 Å². The van der Waals surface area contributed by atoms with E-state index in [1.54, 1.807) is 6.92 Å². The summed E-state index contributed by atoms with van der Waals surface area (Å²) in [5, 5.41) is 11.2. The van der Waals surface area contributed by atoms with Gasteiger partial charge in [-0.05, 0) is 12.8 Å². The Morgan fingerprint density at radius 2 is 1.93 bits per heavy atom. The predicted molar refractivity (Wildman–Crippen MR) is 54.0 cm³/mol. The van der Waals surface area contributed by atoms with Crippen molar-refractivity contribution in [2.24, 2.45) is 0 Å². The summed E-state index contributed by atoms with van der Waals surface area (Å²) < 4.78 is 0. The minimum atomic E-state index is -0.962. The predicted octanol–water partition coefficient (Wildman–Crippen LogP) is 1.55. The van der Waals surface area contributed by atoms with E-state index in [9.17, 15) is 9.59 Å². The van der Waals surface area contributed by atoms with Gasteiger partial charge in [-0.15, -0.1) is 0 Å². The third-order valence-electron chi connectivity index (χ3n) is 2.05. The molecule has 0 aromatic heterocycles. The monoisotopic (exact) mass is 201 g/mol. The molecule has 0 aromatic rings. The number of rotatable bonds is 7. The smallest absolute Gasteiger partial charge is 0.326 e. The summed E-state index contributed by atoms with van der Waals surface area (Å²) in [6, 6.07) is -0.732.